The summed E-state index contributed by atoms with van der Waals surface area (Å²) < 4.78 is 18.9. The molecule has 0 spiro atoms. The van der Waals surface area contributed by atoms with Crippen LogP contribution in [0.3, 0.4) is 0 Å². The minimum absolute atomic E-state index is 0. The van der Waals surface area contributed by atoms with Crippen LogP contribution in [0, 0.1) is 17.1 Å². The summed E-state index contributed by atoms with van der Waals surface area (Å²) in [6.45, 7) is 10.9. The number of carbonyl (C=O) groups excluding carboxylic acids is 1. The van der Waals surface area contributed by atoms with Gasteiger partial charge in [-0.2, -0.15) is 5.26 Å². The van der Waals surface area contributed by atoms with E-state index in [1.54, 1.807) is 12.1 Å². The number of nitrogens with zero attached hydrogens (tertiary/aromatic N) is 4. The molecule has 0 aliphatic heterocycles. The Balaban J connectivity index is 0.00000308. The molecule has 0 aliphatic carbocycles. The average molecular weight is 615 g/mol. The third-order valence-corrected chi connectivity index (χ3v) is 6.83. The summed E-state index contributed by atoms with van der Waals surface area (Å²) in [6.07, 6.45) is 1.37. The number of hydrogen-bond acceptors (Lipinski definition) is 7. The van der Waals surface area contributed by atoms with Gasteiger partial charge in [-0.05, 0) is 68.0 Å². The number of aromatic hydroxyl groups is 1. The summed E-state index contributed by atoms with van der Waals surface area (Å²) in [6, 6.07) is 18.4. The van der Waals surface area contributed by atoms with E-state index in [-0.39, 0.29) is 59.0 Å². The lowest BCUT2D eigenvalue weighted by Crippen LogP contribution is -2.35. The first kappa shape index (κ1) is 34.1. The summed E-state index contributed by atoms with van der Waals surface area (Å²) >= 11 is 0. The maximum Gasteiger partial charge on any atom is 0.292 e. The van der Waals surface area contributed by atoms with Gasteiger partial charge in [-0.3, -0.25) is 4.79 Å². The van der Waals surface area contributed by atoms with E-state index < -0.39 is 11.7 Å². The number of furan rings is 1. The van der Waals surface area contributed by atoms with Gasteiger partial charge in [0.1, 0.15) is 23.2 Å². The molecule has 0 saturated heterocycles. The predicted molar refractivity (Wildman–Crippen MR) is 168 cm³/mol. The van der Waals surface area contributed by atoms with Gasteiger partial charge in [-0.15, -0.1) is 24.8 Å². The lowest BCUT2D eigenvalue weighted by molar-refractivity contribution is 0.0996. The van der Waals surface area contributed by atoms with Crippen LogP contribution in [0.5, 0.6) is 5.75 Å². The number of likely N-dealkylation sites (N-methyl/N-ethyl adjacent to an activating group) is 2. The number of anilines is 2. The van der Waals surface area contributed by atoms with E-state index in [1.807, 2.05) is 24.3 Å². The number of benzene rings is 2. The van der Waals surface area contributed by atoms with E-state index in [1.165, 1.54) is 24.5 Å². The maximum atomic E-state index is 13.7. The van der Waals surface area contributed by atoms with Gasteiger partial charge >= 0.3 is 0 Å². The molecule has 0 aliphatic rings. The Bertz CT molecular complexity index is 1520. The van der Waals surface area contributed by atoms with Gasteiger partial charge < -0.3 is 24.6 Å². The van der Waals surface area contributed by atoms with Crippen LogP contribution < -0.4 is 10.2 Å². The number of rotatable bonds is 11. The molecule has 2 heterocycles. The number of amides is 1. The highest BCUT2D eigenvalue weighted by Gasteiger charge is 2.21. The molecular weight excluding hydrogens is 580 g/mol. The van der Waals surface area contributed by atoms with Crippen LogP contribution in [0.2, 0.25) is 0 Å². The van der Waals surface area contributed by atoms with Crippen molar-refractivity contribution in [3.8, 4) is 34.2 Å². The molecule has 0 radical (unpaired) electrons. The van der Waals surface area contributed by atoms with Crippen molar-refractivity contribution >= 4 is 42.2 Å². The molecule has 11 heteroatoms. The lowest BCUT2D eigenvalue weighted by Gasteiger charge is -2.27. The fourth-order valence-corrected chi connectivity index (χ4v) is 4.55. The highest BCUT2D eigenvalue weighted by molar-refractivity contribution is 6.03. The number of aromatic nitrogens is 1. The van der Waals surface area contributed by atoms with Crippen LogP contribution in [0.1, 0.15) is 36.9 Å². The smallest absolute Gasteiger partial charge is 0.292 e. The molecule has 2 N–H and O–H groups in total. The molecule has 4 rings (SSSR count). The van der Waals surface area contributed by atoms with Gasteiger partial charge in [0.05, 0.1) is 12.0 Å². The number of pyridine rings is 1. The van der Waals surface area contributed by atoms with Crippen molar-refractivity contribution in [3.63, 3.8) is 0 Å². The Labute approximate surface area is 257 Å². The van der Waals surface area contributed by atoms with Gasteiger partial charge in [0.2, 0.25) is 0 Å². The summed E-state index contributed by atoms with van der Waals surface area (Å²) in [4.78, 5) is 22.0. The van der Waals surface area contributed by atoms with Crippen molar-refractivity contribution in [1.82, 2.24) is 9.88 Å². The quantitative estimate of drug-likeness (QED) is 0.188. The van der Waals surface area contributed by atoms with Crippen LogP contribution in [-0.2, 0) is 0 Å². The topological polar surface area (TPSA) is 106 Å². The molecule has 2 aromatic heterocycles. The monoisotopic (exact) mass is 613 g/mol. The van der Waals surface area contributed by atoms with Gasteiger partial charge in [0, 0.05) is 42.5 Å². The molecule has 0 unspecified atom stereocenters. The average Bonchev–Trinajstić information content (AvgIpc) is 3.51. The number of hydrogen-bond donors (Lipinski definition) is 2. The van der Waals surface area contributed by atoms with E-state index >= 15 is 0 Å². The number of nitriles is 1. The number of phenolic OH excluding ortho intramolecular Hbond substituents is 1. The molecule has 1 amide bonds. The predicted octanol–water partition coefficient (Wildman–Crippen LogP) is 6.99. The first-order valence-electron chi connectivity index (χ1n) is 13.2. The normalized spacial score (nSPS) is 10.4. The van der Waals surface area contributed by atoms with Gasteiger partial charge in [0.25, 0.3) is 5.91 Å². The Kier molecular flexibility index (Phi) is 12.8. The van der Waals surface area contributed by atoms with Gasteiger partial charge in [0.15, 0.2) is 11.6 Å². The minimum atomic E-state index is -0.599. The second-order valence-electron chi connectivity index (χ2n) is 9.14. The number of phenols is 1. The molecule has 2 aromatic carbocycles. The van der Waals surface area contributed by atoms with Crippen molar-refractivity contribution < 1.29 is 18.7 Å². The maximum absolute atomic E-state index is 13.7. The third kappa shape index (κ3) is 7.79. The molecule has 42 heavy (non-hydrogen) atoms. The van der Waals surface area contributed by atoms with Crippen LogP contribution >= 0.6 is 24.8 Å². The second kappa shape index (κ2) is 15.8. The van der Waals surface area contributed by atoms with Crippen LogP contribution in [0.4, 0.5) is 15.9 Å². The lowest BCUT2D eigenvalue weighted by atomic mass is 9.97. The first-order valence-corrected chi connectivity index (χ1v) is 13.2. The molecular formula is C31H34Cl2FN5O3. The fraction of sp³-hybridized carbons (Fsp3) is 0.258. The van der Waals surface area contributed by atoms with Crippen molar-refractivity contribution in [2.45, 2.75) is 20.8 Å². The van der Waals surface area contributed by atoms with Crippen LogP contribution in [0.15, 0.2) is 71.3 Å². The van der Waals surface area contributed by atoms with E-state index in [0.29, 0.717) is 5.56 Å². The zero-order chi connectivity index (χ0) is 28.6. The van der Waals surface area contributed by atoms with Gasteiger partial charge in [-0.25, -0.2) is 9.37 Å². The Morgan fingerprint density at radius 1 is 1.00 bits per heavy atom. The zero-order valence-electron chi connectivity index (χ0n) is 23.6. The minimum Gasteiger partial charge on any atom is -0.507 e. The van der Waals surface area contributed by atoms with E-state index in [2.05, 4.69) is 46.9 Å². The number of halogens is 3. The molecule has 222 valence electrons. The van der Waals surface area contributed by atoms with Crippen molar-refractivity contribution in [2.75, 3.05) is 42.9 Å². The molecule has 0 bridgehead atoms. The first-order chi connectivity index (χ1) is 19.4. The molecule has 0 saturated carbocycles. The second-order valence-corrected chi connectivity index (χ2v) is 9.14. The van der Waals surface area contributed by atoms with Crippen LogP contribution in [-0.4, -0.2) is 53.6 Å². The number of nitrogens with one attached hydrogen (secondary N) is 1. The van der Waals surface area contributed by atoms with E-state index in [4.69, 9.17) is 4.42 Å². The fourth-order valence-electron chi connectivity index (χ4n) is 4.55. The Morgan fingerprint density at radius 2 is 1.76 bits per heavy atom. The van der Waals surface area contributed by atoms with Crippen LogP contribution in [0.25, 0.3) is 22.4 Å². The van der Waals surface area contributed by atoms with Crippen molar-refractivity contribution in [3.05, 3.63) is 84.1 Å². The molecule has 0 atom stereocenters. The SMILES string of the molecule is CCN(CC)CCN(CC)c1cccc(-c2cc(-c3ccc(F)cc3O)nc(NC(=O)c3ccco3)c2C#N)c1.Cl.Cl. The van der Waals surface area contributed by atoms with Crippen molar-refractivity contribution in [1.29, 1.82) is 5.26 Å². The summed E-state index contributed by atoms with van der Waals surface area (Å²) in [5.41, 5.74) is 2.89. The third-order valence-electron chi connectivity index (χ3n) is 6.83. The Morgan fingerprint density at radius 3 is 2.38 bits per heavy atom. The molecule has 0 fully saturated rings. The van der Waals surface area contributed by atoms with E-state index in [9.17, 15) is 19.6 Å². The summed E-state index contributed by atoms with van der Waals surface area (Å²) in [5, 5.41) is 23.4. The van der Waals surface area contributed by atoms with Gasteiger partial charge in [-0.1, -0.05) is 26.0 Å². The number of carbonyl (C=O) groups is 1. The Hall–Kier alpha value is -4.10. The largest absolute Gasteiger partial charge is 0.507 e. The van der Waals surface area contributed by atoms with Crippen molar-refractivity contribution in [2.24, 2.45) is 0 Å². The standard InChI is InChI=1S/C31H32FN5O3.2ClH/c1-4-36(5-2)14-15-37(6-3)23-10-7-9-21(17-23)25-19-27(24-13-12-22(32)18-28(24)38)34-30(26(25)20-33)35-31(39)29-11-8-16-40-29;;/h7-13,16-19,38H,4-6,14-15H2,1-3H3,(H,34,35,39);2*1H. The zero-order valence-corrected chi connectivity index (χ0v) is 25.3. The highest BCUT2D eigenvalue weighted by Crippen LogP contribution is 2.37. The van der Waals surface area contributed by atoms with E-state index in [0.717, 1.165) is 50.0 Å². The molecule has 8 nitrogen and oxygen atoms in total. The highest BCUT2D eigenvalue weighted by atomic mass is 35.5. The molecule has 4 aromatic rings. The summed E-state index contributed by atoms with van der Waals surface area (Å²) in [5.74, 6) is -1.44. The summed E-state index contributed by atoms with van der Waals surface area (Å²) in [7, 11) is 0.